The highest BCUT2D eigenvalue weighted by atomic mass is 16.5. The largest absolute Gasteiger partial charge is 0.480 e. The number of carboxylic acid groups (broad SMARTS) is 2. The van der Waals surface area contributed by atoms with Crippen LogP contribution in [0.5, 0.6) is 0 Å². The third-order valence-electron chi connectivity index (χ3n) is 4.20. The molecule has 0 aliphatic rings. The normalized spacial score (nSPS) is 10.8. The fraction of sp³-hybridized carbons (Fsp3) is 0.238. The second-order valence-electron chi connectivity index (χ2n) is 6.34. The van der Waals surface area contributed by atoms with Crippen LogP contribution in [0.3, 0.4) is 0 Å². The Kier molecular flexibility index (Phi) is 7.47. The second-order valence-corrected chi connectivity index (χ2v) is 6.34. The molecule has 2 N–H and O–H groups in total. The van der Waals surface area contributed by atoms with E-state index in [0.29, 0.717) is 11.1 Å². The molecule has 2 aromatic carbocycles. The molecular weight excluding hydrogens is 380 g/mol. The number of rotatable bonds is 10. The number of ether oxygens (including phenoxy) is 2. The lowest BCUT2D eigenvalue weighted by molar-refractivity contribution is -0.176. The van der Waals surface area contributed by atoms with Crippen molar-refractivity contribution in [3.05, 3.63) is 71.8 Å². The number of hydrogen-bond acceptors (Lipinski definition) is 6. The summed E-state index contributed by atoms with van der Waals surface area (Å²) in [6.45, 7) is -0.291. The number of carbonyl (C=O) groups excluding carboxylic acids is 2. The standard InChI is InChI=1S/C21H20O8/c22-17(28-13-15-7-3-1-4-8-15)11-21(19(24)25,20(26)27)12-18(23)29-14-16-9-5-2-6-10-16/h1-10H,11-14H2,(H,24,25)(H,26,27). The summed E-state index contributed by atoms with van der Waals surface area (Å²) in [7, 11) is 0. The summed E-state index contributed by atoms with van der Waals surface area (Å²) in [6.07, 6.45) is -2.02. The van der Waals surface area contributed by atoms with Crippen LogP contribution in [0.2, 0.25) is 0 Å². The Hall–Kier alpha value is -3.68. The van der Waals surface area contributed by atoms with E-state index in [1.54, 1.807) is 60.7 Å². The average molecular weight is 400 g/mol. The van der Waals surface area contributed by atoms with Crippen LogP contribution in [0.4, 0.5) is 0 Å². The van der Waals surface area contributed by atoms with Crippen LogP contribution in [-0.4, -0.2) is 34.1 Å². The van der Waals surface area contributed by atoms with Gasteiger partial charge in [-0.15, -0.1) is 0 Å². The van der Waals surface area contributed by atoms with E-state index in [9.17, 15) is 29.4 Å². The maximum atomic E-state index is 12.1. The van der Waals surface area contributed by atoms with E-state index >= 15 is 0 Å². The van der Waals surface area contributed by atoms with E-state index in [4.69, 9.17) is 9.47 Å². The Morgan fingerprint density at radius 1 is 0.655 bits per heavy atom. The van der Waals surface area contributed by atoms with E-state index < -0.39 is 42.1 Å². The minimum absolute atomic E-state index is 0.145. The quantitative estimate of drug-likeness (QED) is 0.460. The Morgan fingerprint density at radius 3 is 1.31 bits per heavy atom. The molecule has 0 amide bonds. The van der Waals surface area contributed by atoms with Gasteiger partial charge in [-0.25, -0.2) is 0 Å². The van der Waals surface area contributed by atoms with Gasteiger partial charge in [-0.3, -0.25) is 19.2 Å². The maximum Gasteiger partial charge on any atom is 0.322 e. The summed E-state index contributed by atoms with van der Waals surface area (Å²) < 4.78 is 9.95. The summed E-state index contributed by atoms with van der Waals surface area (Å²) in [5.74, 6) is -5.74. The number of hydrogen-bond donors (Lipinski definition) is 2. The molecule has 0 unspecified atom stereocenters. The van der Waals surface area contributed by atoms with Gasteiger partial charge in [0.2, 0.25) is 0 Å². The molecule has 0 atom stereocenters. The third-order valence-corrected chi connectivity index (χ3v) is 4.20. The Labute approximate surface area is 166 Å². The van der Waals surface area contributed by atoms with Crippen LogP contribution in [0.1, 0.15) is 24.0 Å². The Morgan fingerprint density at radius 2 is 1.00 bits per heavy atom. The predicted molar refractivity (Wildman–Crippen MR) is 99.4 cm³/mol. The lowest BCUT2D eigenvalue weighted by atomic mass is 9.81. The van der Waals surface area contributed by atoms with Crippen LogP contribution >= 0.6 is 0 Å². The molecule has 8 heteroatoms. The molecule has 0 aliphatic carbocycles. The van der Waals surface area contributed by atoms with Crippen molar-refractivity contribution in [2.75, 3.05) is 0 Å². The topological polar surface area (TPSA) is 127 Å². The van der Waals surface area contributed by atoms with Crippen LogP contribution in [0, 0.1) is 5.41 Å². The molecule has 8 nitrogen and oxygen atoms in total. The van der Waals surface area contributed by atoms with Crippen molar-refractivity contribution in [3.63, 3.8) is 0 Å². The van der Waals surface area contributed by atoms with Crippen molar-refractivity contribution in [2.45, 2.75) is 26.1 Å². The van der Waals surface area contributed by atoms with Crippen molar-refractivity contribution in [2.24, 2.45) is 5.41 Å². The molecule has 0 bridgehead atoms. The van der Waals surface area contributed by atoms with E-state index in [0.717, 1.165) is 0 Å². The van der Waals surface area contributed by atoms with Gasteiger partial charge in [0.25, 0.3) is 0 Å². The fourth-order valence-electron chi connectivity index (χ4n) is 2.53. The van der Waals surface area contributed by atoms with E-state index in [2.05, 4.69) is 0 Å². The van der Waals surface area contributed by atoms with Crippen molar-refractivity contribution in [1.82, 2.24) is 0 Å². The summed E-state index contributed by atoms with van der Waals surface area (Å²) in [5.41, 5.74) is -1.37. The number of esters is 2. The summed E-state index contributed by atoms with van der Waals surface area (Å²) in [5, 5.41) is 18.9. The van der Waals surface area contributed by atoms with Crippen LogP contribution in [-0.2, 0) is 41.9 Å². The van der Waals surface area contributed by atoms with Gasteiger partial charge in [-0.05, 0) is 11.1 Å². The summed E-state index contributed by atoms with van der Waals surface area (Å²) in [4.78, 5) is 47.6. The highest BCUT2D eigenvalue weighted by molar-refractivity contribution is 6.04. The molecule has 0 spiro atoms. The molecule has 0 aliphatic heterocycles. The van der Waals surface area contributed by atoms with E-state index in [1.807, 2.05) is 0 Å². The van der Waals surface area contributed by atoms with Gasteiger partial charge >= 0.3 is 23.9 Å². The smallest absolute Gasteiger partial charge is 0.322 e. The van der Waals surface area contributed by atoms with Crippen LogP contribution < -0.4 is 0 Å². The van der Waals surface area contributed by atoms with Crippen molar-refractivity contribution in [1.29, 1.82) is 0 Å². The first-order chi connectivity index (χ1) is 13.8. The van der Waals surface area contributed by atoms with Crippen molar-refractivity contribution < 1.29 is 38.9 Å². The highest BCUT2D eigenvalue weighted by Gasteiger charge is 2.51. The molecule has 152 valence electrons. The molecule has 0 radical (unpaired) electrons. The molecule has 0 aromatic heterocycles. The van der Waals surface area contributed by atoms with Gasteiger partial charge in [-0.1, -0.05) is 60.7 Å². The van der Waals surface area contributed by atoms with Gasteiger partial charge in [0.05, 0.1) is 12.8 Å². The minimum atomic E-state index is -2.68. The molecular formula is C21H20O8. The molecule has 2 rings (SSSR count). The third kappa shape index (κ3) is 6.17. The Balaban J connectivity index is 2.03. The predicted octanol–water partition coefficient (Wildman–Crippen LogP) is 2.41. The van der Waals surface area contributed by atoms with E-state index in [1.165, 1.54) is 0 Å². The van der Waals surface area contributed by atoms with Crippen molar-refractivity contribution >= 4 is 23.9 Å². The first-order valence-corrected chi connectivity index (χ1v) is 8.69. The molecule has 29 heavy (non-hydrogen) atoms. The van der Waals surface area contributed by atoms with Gasteiger partial charge in [-0.2, -0.15) is 0 Å². The van der Waals surface area contributed by atoms with Gasteiger partial charge in [0.1, 0.15) is 13.2 Å². The van der Waals surface area contributed by atoms with E-state index in [-0.39, 0.29) is 13.2 Å². The molecule has 2 aromatic rings. The zero-order valence-corrected chi connectivity index (χ0v) is 15.4. The maximum absolute atomic E-state index is 12.1. The first-order valence-electron chi connectivity index (χ1n) is 8.69. The van der Waals surface area contributed by atoms with Crippen LogP contribution in [0.15, 0.2) is 60.7 Å². The second kappa shape index (κ2) is 10.0. The van der Waals surface area contributed by atoms with Gasteiger partial charge in [0, 0.05) is 0 Å². The first kappa shape index (κ1) is 21.6. The number of aliphatic carboxylic acids is 2. The number of carbonyl (C=O) groups is 4. The number of carboxylic acids is 2. The van der Waals surface area contributed by atoms with Crippen LogP contribution in [0.25, 0.3) is 0 Å². The monoisotopic (exact) mass is 400 g/mol. The van der Waals surface area contributed by atoms with Crippen molar-refractivity contribution in [3.8, 4) is 0 Å². The molecule has 0 fully saturated rings. The lowest BCUT2D eigenvalue weighted by Crippen LogP contribution is -2.43. The molecule has 0 saturated carbocycles. The Bertz CT molecular complexity index is 787. The summed E-state index contributed by atoms with van der Waals surface area (Å²) in [6, 6.07) is 17.2. The molecule has 0 saturated heterocycles. The lowest BCUT2D eigenvalue weighted by Gasteiger charge is -2.23. The number of benzene rings is 2. The summed E-state index contributed by atoms with van der Waals surface area (Å²) >= 11 is 0. The fourth-order valence-corrected chi connectivity index (χ4v) is 2.53. The molecule has 0 heterocycles. The van der Waals surface area contributed by atoms with Gasteiger partial charge < -0.3 is 19.7 Å². The minimum Gasteiger partial charge on any atom is -0.480 e. The van der Waals surface area contributed by atoms with Gasteiger partial charge in [0.15, 0.2) is 5.41 Å². The average Bonchev–Trinajstić information content (AvgIpc) is 2.71. The zero-order valence-electron chi connectivity index (χ0n) is 15.4. The highest BCUT2D eigenvalue weighted by Crippen LogP contribution is 2.29. The SMILES string of the molecule is O=C(CC(CC(=O)OCc1ccccc1)(C(=O)O)C(=O)O)OCc1ccccc1. The zero-order chi connectivity index (χ0) is 21.3.